The molecule has 2 unspecified atom stereocenters. The highest BCUT2D eigenvalue weighted by molar-refractivity contribution is 4.88. The van der Waals surface area contributed by atoms with Crippen molar-refractivity contribution >= 4 is 0 Å². The van der Waals surface area contributed by atoms with Crippen LogP contribution in [-0.2, 0) is 11.3 Å². The Morgan fingerprint density at radius 2 is 2.35 bits per heavy atom. The van der Waals surface area contributed by atoms with E-state index >= 15 is 0 Å². The molecule has 1 saturated heterocycles. The van der Waals surface area contributed by atoms with Crippen molar-refractivity contribution < 1.29 is 9.26 Å². The number of ether oxygens (including phenoxy) is 1. The predicted molar refractivity (Wildman–Crippen MR) is 63.5 cm³/mol. The molecule has 0 aliphatic carbocycles. The number of rotatable bonds is 4. The number of hydrogen-bond acceptors (Lipinski definition) is 5. The van der Waals surface area contributed by atoms with E-state index in [1.165, 1.54) is 0 Å². The first-order valence-corrected chi connectivity index (χ1v) is 6.28. The van der Waals surface area contributed by atoms with Gasteiger partial charge >= 0.3 is 0 Å². The maximum Gasteiger partial charge on any atom is 0.223 e. The summed E-state index contributed by atoms with van der Waals surface area (Å²) in [5.41, 5.74) is 0.0170. The van der Waals surface area contributed by atoms with Crippen LogP contribution in [0.2, 0.25) is 0 Å². The fourth-order valence-electron chi connectivity index (χ4n) is 2.20. The molecule has 96 valence electrons. The van der Waals surface area contributed by atoms with Gasteiger partial charge in [-0.2, -0.15) is 4.98 Å². The van der Waals surface area contributed by atoms with Crippen LogP contribution in [0.25, 0.3) is 0 Å². The molecule has 1 N–H and O–H groups in total. The Kier molecular flexibility index (Phi) is 3.79. The van der Waals surface area contributed by atoms with Gasteiger partial charge in [-0.3, -0.25) is 0 Å². The van der Waals surface area contributed by atoms with Crippen LogP contribution in [0.4, 0.5) is 0 Å². The van der Waals surface area contributed by atoms with Crippen LogP contribution < -0.4 is 5.32 Å². The minimum absolute atomic E-state index is 0.0170. The molecular weight excluding hydrogens is 218 g/mol. The molecule has 1 fully saturated rings. The fourth-order valence-corrected chi connectivity index (χ4v) is 2.20. The lowest BCUT2D eigenvalue weighted by Crippen LogP contribution is -2.44. The van der Waals surface area contributed by atoms with Gasteiger partial charge in [0.1, 0.15) is 0 Å². The summed E-state index contributed by atoms with van der Waals surface area (Å²) in [5, 5.41) is 7.35. The Morgan fingerprint density at radius 1 is 1.53 bits per heavy atom. The molecule has 0 spiro atoms. The molecule has 0 aromatic carbocycles. The summed E-state index contributed by atoms with van der Waals surface area (Å²) in [6, 6.07) is 0.479. The molecule has 2 heterocycles. The summed E-state index contributed by atoms with van der Waals surface area (Å²) >= 11 is 0. The largest absolute Gasteiger partial charge is 0.375 e. The third-order valence-corrected chi connectivity index (χ3v) is 3.46. The highest BCUT2D eigenvalue weighted by Crippen LogP contribution is 2.27. The minimum Gasteiger partial charge on any atom is -0.375 e. The number of nitrogens with zero attached hydrogens (tertiary/aromatic N) is 2. The molecule has 1 aliphatic heterocycles. The molecule has 0 radical (unpaired) electrons. The normalized spacial score (nSPS) is 29.5. The Hall–Kier alpha value is -0.940. The molecule has 0 bridgehead atoms. The van der Waals surface area contributed by atoms with E-state index in [-0.39, 0.29) is 5.60 Å². The van der Waals surface area contributed by atoms with E-state index in [1.54, 1.807) is 6.92 Å². The standard InChI is InChI=1S/C12H21N3O2/c1-4-12(3)7-10(5-6-16-12)13-8-11-14-9(2)17-15-11/h10,13H,4-8H2,1-3H3. The summed E-state index contributed by atoms with van der Waals surface area (Å²) in [4.78, 5) is 4.18. The van der Waals surface area contributed by atoms with Gasteiger partial charge in [-0.15, -0.1) is 0 Å². The number of aromatic nitrogens is 2. The van der Waals surface area contributed by atoms with Gasteiger partial charge in [0, 0.05) is 19.6 Å². The quantitative estimate of drug-likeness (QED) is 0.868. The van der Waals surface area contributed by atoms with Crippen LogP contribution in [0.15, 0.2) is 4.52 Å². The lowest BCUT2D eigenvalue weighted by Gasteiger charge is -2.38. The lowest BCUT2D eigenvalue weighted by molar-refractivity contribution is -0.0782. The molecule has 1 aromatic heterocycles. The molecule has 5 nitrogen and oxygen atoms in total. The second-order valence-corrected chi connectivity index (χ2v) is 4.95. The van der Waals surface area contributed by atoms with Gasteiger partial charge < -0.3 is 14.6 Å². The first-order chi connectivity index (χ1) is 8.11. The SMILES string of the molecule is CCC1(C)CC(NCc2noc(C)n2)CCO1. The van der Waals surface area contributed by atoms with Crippen LogP contribution in [0, 0.1) is 6.92 Å². The van der Waals surface area contributed by atoms with Gasteiger partial charge in [0.05, 0.1) is 12.1 Å². The Labute approximate surface area is 102 Å². The highest BCUT2D eigenvalue weighted by atomic mass is 16.5. The minimum atomic E-state index is 0.0170. The van der Waals surface area contributed by atoms with E-state index in [9.17, 15) is 0 Å². The molecule has 2 atom stereocenters. The molecule has 17 heavy (non-hydrogen) atoms. The van der Waals surface area contributed by atoms with Gasteiger partial charge in [0.25, 0.3) is 0 Å². The van der Waals surface area contributed by atoms with Crippen LogP contribution in [0.1, 0.15) is 44.8 Å². The second kappa shape index (κ2) is 5.14. The first-order valence-electron chi connectivity index (χ1n) is 6.28. The maximum absolute atomic E-state index is 5.81. The molecular formula is C12H21N3O2. The van der Waals surface area contributed by atoms with Gasteiger partial charge in [-0.1, -0.05) is 12.1 Å². The van der Waals surface area contributed by atoms with Crippen LogP contribution >= 0.6 is 0 Å². The first kappa shape index (κ1) is 12.5. The van der Waals surface area contributed by atoms with Crippen molar-refractivity contribution in [2.75, 3.05) is 6.61 Å². The lowest BCUT2D eigenvalue weighted by atomic mass is 9.90. The van der Waals surface area contributed by atoms with Crippen molar-refractivity contribution in [2.24, 2.45) is 0 Å². The second-order valence-electron chi connectivity index (χ2n) is 4.95. The molecule has 1 aromatic rings. The zero-order valence-electron chi connectivity index (χ0n) is 10.8. The average Bonchev–Trinajstić information content (AvgIpc) is 2.73. The van der Waals surface area contributed by atoms with Gasteiger partial charge in [-0.05, 0) is 26.2 Å². The van der Waals surface area contributed by atoms with Crippen molar-refractivity contribution in [3.8, 4) is 0 Å². The van der Waals surface area contributed by atoms with Crippen LogP contribution in [0.3, 0.4) is 0 Å². The monoisotopic (exact) mass is 239 g/mol. The van der Waals surface area contributed by atoms with E-state index in [4.69, 9.17) is 9.26 Å². The summed E-state index contributed by atoms with van der Waals surface area (Å²) in [6.45, 7) is 7.65. The number of aryl methyl sites for hydroxylation is 1. The van der Waals surface area contributed by atoms with E-state index in [2.05, 4.69) is 29.3 Å². The molecule has 5 heteroatoms. The van der Waals surface area contributed by atoms with Crippen LogP contribution in [0.5, 0.6) is 0 Å². The van der Waals surface area contributed by atoms with Crippen molar-refractivity contribution in [1.29, 1.82) is 0 Å². The van der Waals surface area contributed by atoms with Crippen molar-refractivity contribution in [3.05, 3.63) is 11.7 Å². The van der Waals surface area contributed by atoms with Crippen molar-refractivity contribution in [2.45, 2.75) is 58.2 Å². The smallest absolute Gasteiger partial charge is 0.223 e. The third kappa shape index (κ3) is 3.26. The fraction of sp³-hybridized carbons (Fsp3) is 0.833. The van der Waals surface area contributed by atoms with Gasteiger partial charge in [0.2, 0.25) is 5.89 Å². The molecule has 1 aliphatic rings. The summed E-state index contributed by atoms with van der Waals surface area (Å²) in [6.07, 6.45) is 3.14. The molecule has 0 amide bonds. The van der Waals surface area contributed by atoms with E-state index in [0.717, 1.165) is 31.7 Å². The van der Waals surface area contributed by atoms with Crippen molar-refractivity contribution in [3.63, 3.8) is 0 Å². The van der Waals surface area contributed by atoms with Crippen molar-refractivity contribution in [1.82, 2.24) is 15.5 Å². The summed E-state index contributed by atoms with van der Waals surface area (Å²) in [5.74, 6) is 1.35. The summed E-state index contributed by atoms with van der Waals surface area (Å²) in [7, 11) is 0. The summed E-state index contributed by atoms with van der Waals surface area (Å²) < 4.78 is 10.8. The number of hydrogen-bond donors (Lipinski definition) is 1. The topological polar surface area (TPSA) is 60.2 Å². The van der Waals surface area contributed by atoms with Gasteiger partial charge in [0.15, 0.2) is 5.82 Å². The Bertz CT molecular complexity index is 366. The predicted octanol–water partition coefficient (Wildman–Crippen LogP) is 1.82. The van der Waals surface area contributed by atoms with E-state index in [1.807, 2.05) is 0 Å². The third-order valence-electron chi connectivity index (χ3n) is 3.46. The molecule has 0 saturated carbocycles. The Morgan fingerprint density at radius 3 is 3.00 bits per heavy atom. The zero-order valence-corrected chi connectivity index (χ0v) is 10.8. The Balaban J connectivity index is 1.83. The highest BCUT2D eigenvalue weighted by Gasteiger charge is 2.31. The van der Waals surface area contributed by atoms with E-state index in [0.29, 0.717) is 18.5 Å². The van der Waals surface area contributed by atoms with E-state index < -0.39 is 0 Å². The van der Waals surface area contributed by atoms with Gasteiger partial charge in [-0.25, -0.2) is 0 Å². The maximum atomic E-state index is 5.81. The average molecular weight is 239 g/mol. The van der Waals surface area contributed by atoms with Crippen LogP contribution in [-0.4, -0.2) is 28.4 Å². The number of nitrogens with one attached hydrogen (secondary N) is 1. The zero-order chi connectivity index (χ0) is 12.3. The molecule has 2 rings (SSSR count).